The van der Waals surface area contributed by atoms with E-state index in [2.05, 4.69) is 25.5 Å². The van der Waals surface area contributed by atoms with Crippen molar-refractivity contribution in [2.24, 2.45) is 11.8 Å². The summed E-state index contributed by atoms with van der Waals surface area (Å²) in [5.74, 6) is 0.678. The number of methoxy groups -OCH3 is 1. The minimum Gasteiger partial charge on any atom is -0.378 e. The Bertz CT molecular complexity index is 765. The first-order valence-electron chi connectivity index (χ1n) is 9.51. The van der Waals surface area contributed by atoms with E-state index in [0.29, 0.717) is 25.1 Å². The van der Waals surface area contributed by atoms with Crippen LogP contribution in [0, 0.1) is 11.8 Å². The first-order valence-corrected chi connectivity index (χ1v) is 9.51. The second kappa shape index (κ2) is 8.14. The molecule has 1 N–H and O–H groups in total. The number of amides is 1. The highest BCUT2D eigenvalue weighted by molar-refractivity contribution is 5.79. The van der Waals surface area contributed by atoms with Gasteiger partial charge in [0, 0.05) is 38.6 Å². The molecule has 2 bridgehead atoms. The Labute approximate surface area is 158 Å². The Morgan fingerprint density at radius 3 is 3.11 bits per heavy atom. The molecule has 4 atom stereocenters. The lowest BCUT2D eigenvalue weighted by Gasteiger charge is -2.49. The molecule has 5 heterocycles. The summed E-state index contributed by atoms with van der Waals surface area (Å²) in [5, 5.41) is 11.4. The van der Waals surface area contributed by atoms with E-state index in [9.17, 15) is 4.79 Å². The molecule has 144 valence electrons. The van der Waals surface area contributed by atoms with Crippen LogP contribution in [0.4, 0.5) is 0 Å². The molecule has 0 aliphatic carbocycles. The first kappa shape index (κ1) is 18.1. The number of hydrogen-bond acceptors (Lipinski definition) is 6. The predicted octanol–water partition coefficient (Wildman–Crippen LogP) is 0.846. The van der Waals surface area contributed by atoms with E-state index < -0.39 is 0 Å². The van der Waals surface area contributed by atoms with E-state index >= 15 is 0 Å². The number of pyridine rings is 1. The topological polar surface area (TPSA) is 85.2 Å². The third kappa shape index (κ3) is 4.17. The number of nitrogens with zero attached hydrogens (tertiary/aromatic N) is 5. The third-order valence-corrected chi connectivity index (χ3v) is 5.68. The van der Waals surface area contributed by atoms with Gasteiger partial charge in [-0.05, 0) is 36.9 Å². The van der Waals surface area contributed by atoms with Gasteiger partial charge >= 0.3 is 0 Å². The van der Waals surface area contributed by atoms with Crippen molar-refractivity contribution < 1.29 is 9.53 Å². The zero-order valence-electron chi connectivity index (χ0n) is 15.6. The van der Waals surface area contributed by atoms with Crippen molar-refractivity contribution in [1.82, 2.24) is 30.2 Å². The highest BCUT2D eigenvalue weighted by Crippen LogP contribution is 2.36. The quantitative estimate of drug-likeness (QED) is 0.778. The van der Waals surface area contributed by atoms with Crippen LogP contribution in [0.2, 0.25) is 0 Å². The molecule has 0 aromatic carbocycles. The molecule has 0 radical (unpaired) electrons. The highest BCUT2D eigenvalue weighted by atomic mass is 16.5. The van der Waals surface area contributed by atoms with Crippen LogP contribution in [-0.4, -0.2) is 57.0 Å². The van der Waals surface area contributed by atoms with Crippen molar-refractivity contribution in [3.63, 3.8) is 0 Å². The fourth-order valence-corrected chi connectivity index (χ4v) is 4.31. The summed E-state index contributed by atoms with van der Waals surface area (Å²) in [7, 11) is 1.66. The third-order valence-electron chi connectivity index (χ3n) is 5.68. The minimum atomic E-state index is 0.0754. The van der Waals surface area contributed by atoms with Gasteiger partial charge in [-0.1, -0.05) is 11.3 Å². The Morgan fingerprint density at radius 1 is 1.44 bits per heavy atom. The van der Waals surface area contributed by atoms with Gasteiger partial charge in [-0.25, -0.2) is 0 Å². The number of aromatic nitrogens is 4. The van der Waals surface area contributed by atoms with Gasteiger partial charge in [-0.2, -0.15) is 0 Å². The molecule has 3 fully saturated rings. The molecular weight excluding hydrogens is 344 g/mol. The molecule has 27 heavy (non-hydrogen) atoms. The minimum absolute atomic E-state index is 0.0754. The molecule has 0 saturated carbocycles. The Hall–Kier alpha value is -2.32. The van der Waals surface area contributed by atoms with Crippen molar-refractivity contribution in [3.8, 4) is 0 Å². The number of carbonyl (C=O) groups excluding carboxylic acids is 1. The monoisotopic (exact) mass is 370 g/mol. The molecule has 3 aliphatic rings. The smallest absolute Gasteiger partial charge is 0.224 e. The van der Waals surface area contributed by atoms with E-state index in [-0.39, 0.29) is 11.8 Å². The molecule has 2 aromatic rings. The average molecular weight is 370 g/mol. The summed E-state index contributed by atoms with van der Waals surface area (Å²) in [6.07, 6.45) is 7.61. The maximum Gasteiger partial charge on any atom is 0.224 e. The van der Waals surface area contributed by atoms with Crippen LogP contribution >= 0.6 is 0 Å². The molecule has 3 saturated heterocycles. The molecular formula is C19H26N6O2. The zero-order chi connectivity index (χ0) is 18.6. The standard InChI is InChI=1S/C19H26N6O2/c1-27-13-16-10-25(23-22-16)11-17-7-15-4-6-24(17)12-18(15)19(26)21-9-14-3-2-5-20-8-14/h2-3,5,8,10,15,17-18H,4,6-7,9,11-13H2,1H3,(H,21,26)/t15-,17+,18-/m0/s1. The highest BCUT2D eigenvalue weighted by Gasteiger charge is 2.43. The van der Waals surface area contributed by atoms with E-state index in [1.165, 1.54) is 0 Å². The van der Waals surface area contributed by atoms with Gasteiger partial charge in [0.25, 0.3) is 0 Å². The fraction of sp³-hybridized carbons (Fsp3) is 0.579. The van der Waals surface area contributed by atoms with Crippen LogP contribution in [0.5, 0.6) is 0 Å². The van der Waals surface area contributed by atoms with Gasteiger partial charge in [-0.3, -0.25) is 19.4 Å². The second-order valence-electron chi connectivity index (χ2n) is 7.48. The molecule has 8 heteroatoms. The van der Waals surface area contributed by atoms with Gasteiger partial charge < -0.3 is 10.1 Å². The molecule has 0 spiro atoms. The maximum absolute atomic E-state index is 12.7. The molecule has 1 amide bonds. The summed E-state index contributed by atoms with van der Waals surface area (Å²) < 4.78 is 7.00. The van der Waals surface area contributed by atoms with E-state index in [0.717, 1.165) is 43.7 Å². The van der Waals surface area contributed by atoms with E-state index in [1.807, 2.05) is 23.0 Å². The second-order valence-corrected chi connectivity index (χ2v) is 7.48. The number of ether oxygens (including phenoxy) is 1. The average Bonchev–Trinajstić information content (AvgIpc) is 3.14. The fourth-order valence-electron chi connectivity index (χ4n) is 4.31. The summed E-state index contributed by atoms with van der Waals surface area (Å²) >= 11 is 0. The number of hydrogen-bond donors (Lipinski definition) is 1. The van der Waals surface area contributed by atoms with Crippen molar-refractivity contribution in [1.29, 1.82) is 0 Å². The Kier molecular flexibility index (Phi) is 5.45. The van der Waals surface area contributed by atoms with Gasteiger partial charge in [0.15, 0.2) is 0 Å². The predicted molar refractivity (Wildman–Crippen MR) is 98.4 cm³/mol. The van der Waals surface area contributed by atoms with E-state index in [1.54, 1.807) is 19.5 Å². The number of nitrogens with one attached hydrogen (secondary N) is 1. The molecule has 1 unspecified atom stereocenters. The van der Waals surface area contributed by atoms with Gasteiger partial charge in [0.2, 0.25) is 5.91 Å². The van der Waals surface area contributed by atoms with Crippen LogP contribution in [0.25, 0.3) is 0 Å². The van der Waals surface area contributed by atoms with Crippen LogP contribution in [-0.2, 0) is 29.2 Å². The summed E-state index contributed by atoms with van der Waals surface area (Å²) in [6, 6.07) is 4.29. The lowest BCUT2D eigenvalue weighted by Crippen LogP contribution is -2.58. The number of rotatable bonds is 7. The van der Waals surface area contributed by atoms with Gasteiger partial charge in [0.05, 0.1) is 25.3 Å². The van der Waals surface area contributed by atoms with Crippen molar-refractivity contribution in [2.75, 3.05) is 20.2 Å². The summed E-state index contributed by atoms with van der Waals surface area (Å²) in [5.41, 5.74) is 1.88. The number of piperidine rings is 3. The molecule has 5 rings (SSSR count). The van der Waals surface area contributed by atoms with Crippen molar-refractivity contribution in [2.45, 2.75) is 38.6 Å². The lowest BCUT2D eigenvalue weighted by molar-refractivity contribution is -0.133. The lowest BCUT2D eigenvalue weighted by atomic mass is 9.75. The Balaban J connectivity index is 1.32. The van der Waals surface area contributed by atoms with Crippen LogP contribution in [0.15, 0.2) is 30.7 Å². The maximum atomic E-state index is 12.7. The first-order chi connectivity index (χ1) is 13.2. The summed E-state index contributed by atoms with van der Waals surface area (Å²) in [6.45, 7) is 3.73. The van der Waals surface area contributed by atoms with Crippen LogP contribution in [0.1, 0.15) is 24.1 Å². The van der Waals surface area contributed by atoms with Crippen LogP contribution < -0.4 is 5.32 Å². The normalized spacial score (nSPS) is 26.9. The molecule has 2 aromatic heterocycles. The van der Waals surface area contributed by atoms with Crippen molar-refractivity contribution >= 4 is 5.91 Å². The van der Waals surface area contributed by atoms with Gasteiger partial charge in [0.1, 0.15) is 5.69 Å². The molecule has 8 nitrogen and oxygen atoms in total. The Morgan fingerprint density at radius 2 is 2.37 bits per heavy atom. The molecule has 3 aliphatic heterocycles. The van der Waals surface area contributed by atoms with E-state index in [4.69, 9.17) is 4.74 Å². The summed E-state index contributed by atoms with van der Waals surface area (Å²) in [4.78, 5) is 19.2. The number of carbonyl (C=O) groups is 1. The zero-order valence-corrected chi connectivity index (χ0v) is 15.6. The number of fused-ring (bicyclic) bond motifs is 3. The SMILES string of the molecule is COCc1cn(C[C@H]2C[C@@H]3CCN2C[C@@H]3C(=O)NCc2cccnc2)nn1. The largest absolute Gasteiger partial charge is 0.378 e. The van der Waals surface area contributed by atoms with Crippen LogP contribution in [0.3, 0.4) is 0 Å². The van der Waals surface area contributed by atoms with Crippen molar-refractivity contribution in [3.05, 3.63) is 42.0 Å². The van der Waals surface area contributed by atoms with Gasteiger partial charge in [-0.15, -0.1) is 5.10 Å².